The molecule has 6 heteroatoms. The number of benzene rings is 2. The Labute approximate surface area is 169 Å². The van der Waals surface area contributed by atoms with Gasteiger partial charge in [-0.1, -0.05) is 43.6 Å². The fourth-order valence-electron chi connectivity index (χ4n) is 3.08. The minimum atomic E-state index is -0.328. The Morgan fingerprint density at radius 2 is 1.79 bits per heavy atom. The molecule has 2 aromatic rings. The van der Waals surface area contributed by atoms with Crippen molar-refractivity contribution in [2.75, 3.05) is 18.5 Å². The largest absolute Gasteiger partial charge is 0.494 e. The highest BCUT2D eigenvalue weighted by Crippen LogP contribution is 2.32. The third-order valence-electron chi connectivity index (χ3n) is 4.26. The van der Waals surface area contributed by atoms with Crippen LogP contribution >= 0.6 is 11.6 Å². The molecule has 28 heavy (non-hydrogen) atoms. The van der Waals surface area contributed by atoms with Gasteiger partial charge in [-0.2, -0.15) is 0 Å². The van der Waals surface area contributed by atoms with Crippen LogP contribution in [0.5, 0.6) is 5.75 Å². The van der Waals surface area contributed by atoms with Gasteiger partial charge in [0.15, 0.2) is 0 Å². The van der Waals surface area contributed by atoms with Crippen LogP contribution in [0.25, 0.3) is 5.57 Å². The van der Waals surface area contributed by atoms with Crippen molar-refractivity contribution < 1.29 is 14.3 Å². The maximum absolute atomic E-state index is 13.1. The molecule has 3 rings (SSSR count). The molecule has 1 aliphatic rings. The van der Waals surface area contributed by atoms with Gasteiger partial charge < -0.3 is 10.1 Å². The van der Waals surface area contributed by atoms with Crippen molar-refractivity contribution in [1.82, 2.24) is 4.90 Å². The summed E-state index contributed by atoms with van der Waals surface area (Å²) in [7, 11) is 0. The normalized spacial score (nSPS) is 14.2. The summed E-state index contributed by atoms with van der Waals surface area (Å²) in [6.07, 6.45) is 0. The minimum absolute atomic E-state index is 0.167. The summed E-state index contributed by atoms with van der Waals surface area (Å²) < 4.78 is 5.52. The van der Waals surface area contributed by atoms with E-state index in [9.17, 15) is 9.59 Å². The van der Waals surface area contributed by atoms with Gasteiger partial charge in [0.1, 0.15) is 11.4 Å². The number of imide groups is 1. The summed E-state index contributed by atoms with van der Waals surface area (Å²) in [5, 5.41) is 3.71. The molecule has 2 aromatic carbocycles. The third-order valence-corrected chi connectivity index (χ3v) is 4.52. The lowest BCUT2D eigenvalue weighted by molar-refractivity contribution is -0.137. The van der Waals surface area contributed by atoms with E-state index in [4.69, 9.17) is 16.3 Å². The fourth-order valence-corrected chi connectivity index (χ4v) is 3.21. The first-order chi connectivity index (χ1) is 13.4. The Morgan fingerprint density at radius 1 is 1.07 bits per heavy atom. The third kappa shape index (κ3) is 4.20. The van der Waals surface area contributed by atoms with Crippen LogP contribution in [0.1, 0.15) is 26.3 Å². The lowest BCUT2D eigenvalue weighted by atomic mass is 10.0. The van der Waals surface area contributed by atoms with Gasteiger partial charge in [-0.05, 0) is 42.7 Å². The van der Waals surface area contributed by atoms with Gasteiger partial charge in [-0.15, -0.1) is 0 Å². The van der Waals surface area contributed by atoms with Gasteiger partial charge in [0.05, 0.1) is 12.2 Å². The van der Waals surface area contributed by atoms with E-state index in [2.05, 4.69) is 5.32 Å². The predicted molar refractivity (Wildman–Crippen MR) is 111 cm³/mol. The van der Waals surface area contributed by atoms with E-state index < -0.39 is 0 Å². The van der Waals surface area contributed by atoms with E-state index in [1.54, 1.807) is 30.3 Å². The second-order valence-electron chi connectivity index (χ2n) is 6.96. The lowest BCUT2D eigenvalue weighted by Crippen LogP contribution is -2.35. The molecule has 0 unspecified atom stereocenters. The number of anilines is 1. The zero-order chi connectivity index (χ0) is 20.3. The highest BCUT2D eigenvalue weighted by atomic mass is 35.5. The summed E-state index contributed by atoms with van der Waals surface area (Å²) >= 11 is 5.99. The molecule has 0 aromatic heterocycles. The van der Waals surface area contributed by atoms with E-state index in [0.29, 0.717) is 40.7 Å². The number of carbonyl (C=O) groups is 2. The molecular formula is C22H23ClN2O3. The monoisotopic (exact) mass is 398 g/mol. The fraction of sp³-hybridized carbons (Fsp3) is 0.273. The van der Waals surface area contributed by atoms with Crippen LogP contribution in [0.2, 0.25) is 5.02 Å². The summed E-state index contributed by atoms with van der Waals surface area (Å²) in [6.45, 7) is 6.75. The van der Waals surface area contributed by atoms with Crippen LogP contribution in [-0.4, -0.2) is 29.9 Å². The van der Waals surface area contributed by atoms with Crippen LogP contribution in [-0.2, 0) is 9.59 Å². The molecule has 0 aliphatic carbocycles. The maximum Gasteiger partial charge on any atom is 0.278 e. The predicted octanol–water partition coefficient (Wildman–Crippen LogP) is 4.59. The van der Waals surface area contributed by atoms with E-state index in [-0.39, 0.29) is 23.4 Å². The number of nitrogens with one attached hydrogen (secondary N) is 1. The Bertz CT molecular complexity index is 920. The molecule has 0 spiro atoms. The van der Waals surface area contributed by atoms with Crippen LogP contribution in [0.15, 0.2) is 54.2 Å². The van der Waals surface area contributed by atoms with E-state index in [1.165, 1.54) is 4.90 Å². The number of rotatable bonds is 7. The van der Waals surface area contributed by atoms with Gasteiger partial charge in [0, 0.05) is 23.3 Å². The van der Waals surface area contributed by atoms with Crippen LogP contribution in [0, 0.1) is 5.92 Å². The molecular weight excluding hydrogens is 376 g/mol. The zero-order valence-electron chi connectivity index (χ0n) is 16.2. The highest BCUT2D eigenvalue weighted by molar-refractivity contribution is 6.36. The second-order valence-corrected chi connectivity index (χ2v) is 7.39. The molecule has 0 saturated heterocycles. The number of nitrogens with zero attached hydrogens (tertiary/aromatic N) is 1. The first-order valence-electron chi connectivity index (χ1n) is 9.27. The lowest BCUT2D eigenvalue weighted by Gasteiger charge is -2.17. The number of hydrogen-bond donors (Lipinski definition) is 1. The number of hydrogen-bond acceptors (Lipinski definition) is 4. The molecule has 0 saturated carbocycles. The number of halogens is 1. The zero-order valence-corrected chi connectivity index (χ0v) is 16.9. The Hall–Kier alpha value is -2.79. The van der Waals surface area contributed by atoms with Gasteiger partial charge in [-0.3, -0.25) is 14.5 Å². The number of ether oxygens (including phenoxy) is 1. The van der Waals surface area contributed by atoms with Crippen molar-refractivity contribution in [2.45, 2.75) is 20.8 Å². The van der Waals surface area contributed by atoms with E-state index >= 15 is 0 Å². The summed E-state index contributed by atoms with van der Waals surface area (Å²) in [5.41, 5.74) is 1.95. The van der Waals surface area contributed by atoms with Gasteiger partial charge in [0.2, 0.25) is 0 Å². The van der Waals surface area contributed by atoms with Crippen molar-refractivity contribution in [2.24, 2.45) is 5.92 Å². The molecule has 5 nitrogen and oxygen atoms in total. The standard InChI is InChI=1S/C22H23ClN2O3/c1-4-28-18-7-5-6-17(12-18)24-20-19(15-8-10-16(23)11-9-15)21(26)25(22(20)27)13-14(2)3/h5-12,14,24H,4,13H2,1-3H3. The molecule has 146 valence electrons. The Balaban J connectivity index is 2.03. The first kappa shape index (κ1) is 20.0. The summed E-state index contributed by atoms with van der Waals surface area (Å²) in [5.74, 6) is 0.229. The summed E-state index contributed by atoms with van der Waals surface area (Å²) in [4.78, 5) is 27.4. The molecule has 0 fully saturated rings. The molecule has 0 radical (unpaired) electrons. The average Bonchev–Trinajstić information content (AvgIpc) is 2.87. The average molecular weight is 399 g/mol. The second kappa shape index (κ2) is 8.48. The van der Waals surface area contributed by atoms with Crippen molar-refractivity contribution >= 4 is 34.7 Å². The maximum atomic E-state index is 13.1. The quantitative estimate of drug-likeness (QED) is 0.693. The number of amides is 2. The molecule has 2 amide bonds. The highest BCUT2D eigenvalue weighted by Gasteiger charge is 2.39. The Kier molecular flexibility index (Phi) is 6.05. The molecule has 1 heterocycles. The van der Waals surface area contributed by atoms with Crippen molar-refractivity contribution in [1.29, 1.82) is 0 Å². The van der Waals surface area contributed by atoms with E-state index in [1.807, 2.05) is 39.0 Å². The van der Waals surface area contributed by atoms with Gasteiger partial charge >= 0.3 is 0 Å². The van der Waals surface area contributed by atoms with E-state index in [0.717, 1.165) is 0 Å². The van der Waals surface area contributed by atoms with Crippen molar-refractivity contribution in [3.8, 4) is 5.75 Å². The molecule has 0 bridgehead atoms. The van der Waals surface area contributed by atoms with Crippen LogP contribution in [0.4, 0.5) is 5.69 Å². The van der Waals surface area contributed by atoms with Crippen LogP contribution in [0.3, 0.4) is 0 Å². The number of carbonyl (C=O) groups excluding carboxylic acids is 2. The first-order valence-corrected chi connectivity index (χ1v) is 9.64. The SMILES string of the molecule is CCOc1cccc(NC2=C(c3ccc(Cl)cc3)C(=O)N(CC(C)C)C2=O)c1. The molecule has 0 atom stereocenters. The van der Waals surface area contributed by atoms with Gasteiger partial charge in [-0.25, -0.2) is 0 Å². The van der Waals surface area contributed by atoms with Crippen molar-refractivity contribution in [3.63, 3.8) is 0 Å². The summed E-state index contributed by atoms with van der Waals surface area (Å²) in [6, 6.07) is 14.2. The van der Waals surface area contributed by atoms with Crippen molar-refractivity contribution in [3.05, 3.63) is 64.8 Å². The van der Waals surface area contributed by atoms with Gasteiger partial charge in [0.25, 0.3) is 11.8 Å². The molecule has 1 aliphatic heterocycles. The minimum Gasteiger partial charge on any atom is -0.494 e. The van der Waals surface area contributed by atoms with Crippen LogP contribution < -0.4 is 10.1 Å². The smallest absolute Gasteiger partial charge is 0.278 e. The molecule has 1 N–H and O–H groups in total. The Morgan fingerprint density at radius 3 is 2.43 bits per heavy atom. The topological polar surface area (TPSA) is 58.6 Å².